The van der Waals surface area contributed by atoms with Crippen LogP contribution in [0.15, 0.2) is 30.3 Å². The van der Waals surface area contributed by atoms with Crippen LogP contribution in [0.1, 0.15) is 24.8 Å². The van der Waals surface area contributed by atoms with Gasteiger partial charge in [-0.25, -0.2) is 4.79 Å². The number of rotatable bonds is 8. The van der Waals surface area contributed by atoms with Gasteiger partial charge < -0.3 is 21.1 Å². The van der Waals surface area contributed by atoms with Gasteiger partial charge in [-0.1, -0.05) is 35.4 Å². The lowest BCUT2D eigenvalue weighted by molar-refractivity contribution is -0.121. The van der Waals surface area contributed by atoms with Crippen molar-refractivity contribution in [3.05, 3.63) is 35.9 Å². The molecule has 9 heteroatoms. The van der Waals surface area contributed by atoms with Crippen LogP contribution in [0.4, 0.5) is 4.79 Å². The lowest BCUT2D eigenvalue weighted by Gasteiger charge is -2.15. The second-order valence-corrected chi connectivity index (χ2v) is 7.32. The normalized spacial score (nSPS) is 18.8. The molecule has 1 fully saturated rings. The van der Waals surface area contributed by atoms with E-state index in [4.69, 9.17) is 10.5 Å². The standard InChI is InChI=1S/C16H23N4O4P/c17-14(20-25(23)13-7-4-9-18-15(13)21)8-10-19-16(22)24-11-12-5-2-1-3-6-12/h1-3,5-6,13-14H,4,7-11,17H2,(H2-,18,19,20,21,22,23)/p+1/t13-,14?/m0/s1. The Bertz CT molecular complexity index is 599. The van der Waals surface area contributed by atoms with Gasteiger partial charge in [-0.3, -0.25) is 4.79 Å². The predicted molar refractivity (Wildman–Crippen MR) is 94.0 cm³/mol. The third-order valence-electron chi connectivity index (χ3n) is 3.77. The van der Waals surface area contributed by atoms with Gasteiger partial charge in [0, 0.05) is 19.5 Å². The van der Waals surface area contributed by atoms with Crippen molar-refractivity contribution in [2.75, 3.05) is 13.1 Å². The third-order valence-corrected chi connectivity index (χ3v) is 5.41. The van der Waals surface area contributed by atoms with Crippen LogP contribution in [0.3, 0.4) is 0 Å². The van der Waals surface area contributed by atoms with E-state index in [0.717, 1.165) is 12.0 Å². The molecule has 1 heterocycles. The number of hydrogen-bond donors (Lipinski definition) is 4. The number of carbonyl (C=O) groups is 2. The van der Waals surface area contributed by atoms with Crippen LogP contribution in [-0.2, 0) is 20.7 Å². The molecule has 2 amide bonds. The first-order chi connectivity index (χ1) is 12.1. The van der Waals surface area contributed by atoms with Crippen molar-refractivity contribution >= 4 is 20.0 Å². The second-order valence-electron chi connectivity index (χ2n) is 5.79. The van der Waals surface area contributed by atoms with E-state index in [9.17, 15) is 14.2 Å². The van der Waals surface area contributed by atoms with Crippen LogP contribution in [0, 0.1) is 0 Å². The second kappa shape index (κ2) is 10.1. The third kappa shape index (κ3) is 6.78. The Hall–Kier alpha value is -2.02. The Kier molecular flexibility index (Phi) is 7.78. The van der Waals surface area contributed by atoms with Crippen molar-refractivity contribution in [2.24, 2.45) is 5.73 Å². The van der Waals surface area contributed by atoms with Crippen LogP contribution in [0.2, 0.25) is 0 Å². The Labute approximate surface area is 147 Å². The molecule has 2 unspecified atom stereocenters. The minimum atomic E-state index is -1.93. The molecular formula is C16H24N4O4P+. The highest BCUT2D eigenvalue weighted by Crippen LogP contribution is 2.29. The number of benzene rings is 1. The first-order valence-corrected chi connectivity index (χ1v) is 9.59. The van der Waals surface area contributed by atoms with Crippen LogP contribution in [-0.4, -0.2) is 36.9 Å². The number of amides is 2. The fraction of sp³-hybridized carbons (Fsp3) is 0.500. The van der Waals surface area contributed by atoms with Crippen molar-refractivity contribution in [3.8, 4) is 0 Å². The lowest BCUT2D eigenvalue weighted by Crippen LogP contribution is -2.43. The summed E-state index contributed by atoms with van der Waals surface area (Å²) in [5.74, 6) is -0.199. The van der Waals surface area contributed by atoms with Crippen molar-refractivity contribution in [2.45, 2.75) is 37.7 Å². The molecule has 0 radical (unpaired) electrons. The first-order valence-electron chi connectivity index (χ1n) is 8.26. The molecule has 8 nitrogen and oxygen atoms in total. The zero-order valence-corrected chi connectivity index (χ0v) is 14.8. The smallest absolute Gasteiger partial charge is 0.445 e. The minimum absolute atomic E-state index is 0.194. The summed E-state index contributed by atoms with van der Waals surface area (Å²) >= 11 is 0. The van der Waals surface area contributed by atoms with Gasteiger partial charge in [0.05, 0.1) is 6.17 Å². The molecule has 0 bridgehead atoms. The summed E-state index contributed by atoms with van der Waals surface area (Å²) in [5.41, 5.74) is 6.22. The van der Waals surface area contributed by atoms with E-state index in [2.05, 4.69) is 15.7 Å². The van der Waals surface area contributed by atoms with Gasteiger partial charge in [-0.05, 0) is 23.0 Å². The van der Waals surface area contributed by atoms with Crippen molar-refractivity contribution in [1.82, 2.24) is 15.7 Å². The maximum Gasteiger partial charge on any atom is 0.446 e. The van der Waals surface area contributed by atoms with Gasteiger partial charge in [0.1, 0.15) is 6.61 Å². The average molecular weight is 367 g/mol. The number of alkyl carbamates (subject to hydrolysis) is 1. The Morgan fingerprint density at radius 1 is 1.40 bits per heavy atom. The van der Waals surface area contributed by atoms with E-state index in [0.29, 0.717) is 19.4 Å². The number of piperidine rings is 1. The van der Waals surface area contributed by atoms with E-state index in [-0.39, 0.29) is 19.1 Å². The molecule has 1 aromatic carbocycles. The van der Waals surface area contributed by atoms with Crippen molar-refractivity contribution in [1.29, 1.82) is 0 Å². The zero-order valence-electron chi connectivity index (χ0n) is 13.9. The average Bonchev–Trinajstić information content (AvgIpc) is 2.61. The first kappa shape index (κ1) is 19.3. The van der Waals surface area contributed by atoms with Crippen LogP contribution in [0.5, 0.6) is 0 Å². The van der Waals surface area contributed by atoms with Crippen LogP contribution < -0.4 is 21.5 Å². The molecule has 1 aliphatic rings. The summed E-state index contributed by atoms with van der Waals surface area (Å²) in [5, 5.41) is 8.03. The summed E-state index contributed by atoms with van der Waals surface area (Å²) in [7, 11) is -1.93. The maximum absolute atomic E-state index is 12.2. The summed E-state index contributed by atoms with van der Waals surface area (Å²) in [6.45, 7) is 1.10. The van der Waals surface area contributed by atoms with Gasteiger partial charge in [-0.15, -0.1) is 0 Å². The number of carbonyl (C=O) groups excluding carboxylic acids is 2. The fourth-order valence-corrected chi connectivity index (χ4v) is 3.76. The molecule has 0 aromatic heterocycles. The molecule has 25 heavy (non-hydrogen) atoms. The Morgan fingerprint density at radius 2 is 2.16 bits per heavy atom. The number of nitrogens with one attached hydrogen (secondary N) is 3. The molecule has 2 rings (SSSR count). The maximum atomic E-state index is 12.2. The molecular weight excluding hydrogens is 343 g/mol. The molecule has 1 saturated heterocycles. The van der Waals surface area contributed by atoms with E-state index in [1.165, 1.54) is 0 Å². The summed E-state index contributed by atoms with van der Waals surface area (Å²) in [6.07, 6.45) is 0.656. The van der Waals surface area contributed by atoms with Crippen molar-refractivity contribution in [3.63, 3.8) is 0 Å². The van der Waals surface area contributed by atoms with Gasteiger partial charge in [-0.2, -0.15) is 0 Å². The molecule has 136 valence electrons. The highest BCUT2D eigenvalue weighted by molar-refractivity contribution is 7.44. The number of ether oxygens (including phenoxy) is 1. The minimum Gasteiger partial charge on any atom is -0.445 e. The van der Waals surface area contributed by atoms with Gasteiger partial charge in [0.15, 0.2) is 0 Å². The van der Waals surface area contributed by atoms with Crippen LogP contribution >= 0.6 is 7.95 Å². The molecule has 5 N–H and O–H groups in total. The Morgan fingerprint density at radius 3 is 2.88 bits per heavy atom. The zero-order chi connectivity index (χ0) is 18.1. The fourth-order valence-electron chi connectivity index (χ4n) is 2.40. The summed E-state index contributed by atoms with van der Waals surface area (Å²) in [6, 6.07) is 9.36. The van der Waals surface area contributed by atoms with Gasteiger partial charge >= 0.3 is 14.0 Å². The number of nitrogens with two attached hydrogens (primary N) is 1. The van der Waals surface area contributed by atoms with E-state index >= 15 is 0 Å². The van der Waals surface area contributed by atoms with E-state index < -0.39 is 25.9 Å². The van der Waals surface area contributed by atoms with Crippen molar-refractivity contribution < 1.29 is 18.9 Å². The predicted octanol–water partition coefficient (Wildman–Crippen LogP) is 1.20. The largest absolute Gasteiger partial charge is 0.446 e. The molecule has 0 spiro atoms. The molecule has 1 aromatic rings. The molecule has 0 aliphatic carbocycles. The highest BCUT2D eigenvalue weighted by Gasteiger charge is 2.40. The Balaban J connectivity index is 1.61. The quantitative estimate of drug-likeness (QED) is 0.404. The monoisotopic (exact) mass is 367 g/mol. The summed E-state index contributed by atoms with van der Waals surface area (Å²) in [4.78, 5) is 23.3. The molecule has 0 saturated carbocycles. The van der Waals surface area contributed by atoms with Gasteiger partial charge in [0.2, 0.25) is 0 Å². The highest BCUT2D eigenvalue weighted by atomic mass is 31.1. The van der Waals surface area contributed by atoms with Gasteiger partial charge in [0.25, 0.3) is 11.6 Å². The lowest BCUT2D eigenvalue weighted by atomic mass is 10.1. The topological polar surface area (TPSA) is 123 Å². The number of hydrogen-bond acceptors (Lipinski definition) is 5. The SMILES string of the molecule is NC(CCNC(=O)OCc1ccccc1)N[P+](=O)[C@H]1CCCNC1=O. The van der Waals surface area contributed by atoms with E-state index in [1.54, 1.807) is 0 Å². The van der Waals surface area contributed by atoms with Crippen LogP contribution in [0.25, 0.3) is 0 Å². The molecule has 1 aliphatic heterocycles. The van der Waals surface area contributed by atoms with E-state index in [1.807, 2.05) is 30.3 Å². The summed E-state index contributed by atoms with van der Waals surface area (Å²) < 4.78 is 17.2. The molecule has 3 atom stereocenters.